The van der Waals surface area contributed by atoms with E-state index in [1.165, 1.54) is 17.1 Å². The summed E-state index contributed by atoms with van der Waals surface area (Å²) in [4.78, 5) is 30.4. The van der Waals surface area contributed by atoms with Crippen LogP contribution in [0.2, 0.25) is 0 Å². The van der Waals surface area contributed by atoms with Crippen molar-refractivity contribution in [3.05, 3.63) is 0 Å². The monoisotopic (exact) mass is 316 g/mol. The van der Waals surface area contributed by atoms with Gasteiger partial charge in [-0.05, 0) is 40.0 Å². The summed E-state index contributed by atoms with van der Waals surface area (Å²) in [5.74, 6) is -0.442. The highest BCUT2D eigenvalue weighted by atomic mass is 16.7. The number of aliphatic hydroxyl groups is 1. The average Bonchev–Trinajstić information content (AvgIpc) is 2.42. The molecule has 0 aliphatic heterocycles. The van der Waals surface area contributed by atoms with Crippen LogP contribution in [0, 0.1) is 5.92 Å². The molecule has 0 bridgehead atoms. The molecule has 0 radical (unpaired) electrons. The molecule has 7 heteroatoms. The molecule has 1 aliphatic carbocycles. The van der Waals surface area contributed by atoms with Crippen LogP contribution in [0.15, 0.2) is 0 Å². The molecule has 0 saturated heterocycles. The third-order valence-electron chi connectivity index (χ3n) is 3.89. The minimum atomic E-state index is -0.759. The van der Waals surface area contributed by atoms with Crippen LogP contribution in [0.25, 0.3) is 0 Å². The maximum Gasteiger partial charge on any atom is 0.410 e. The average molecular weight is 316 g/mol. The second-order valence-electron chi connectivity index (χ2n) is 6.75. The Morgan fingerprint density at radius 2 is 1.77 bits per heavy atom. The van der Waals surface area contributed by atoms with Crippen molar-refractivity contribution >= 4 is 12.0 Å². The van der Waals surface area contributed by atoms with Gasteiger partial charge >= 0.3 is 6.09 Å². The van der Waals surface area contributed by atoms with Crippen LogP contribution in [0.3, 0.4) is 0 Å². The molecule has 1 rings (SSSR count). The van der Waals surface area contributed by atoms with Crippen molar-refractivity contribution in [3.63, 3.8) is 0 Å². The zero-order valence-corrected chi connectivity index (χ0v) is 14.3. The van der Waals surface area contributed by atoms with Crippen molar-refractivity contribution < 1.29 is 24.3 Å². The van der Waals surface area contributed by atoms with Gasteiger partial charge in [-0.25, -0.2) is 9.86 Å². The van der Waals surface area contributed by atoms with Gasteiger partial charge in [-0.2, -0.15) is 0 Å². The van der Waals surface area contributed by atoms with E-state index in [0.717, 1.165) is 0 Å². The van der Waals surface area contributed by atoms with Gasteiger partial charge in [0.05, 0.1) is 19.3 Å². The number of hydroxylamine groups is 2. The van der Waals surface area contributed by atoms with Crippen molar-refractivity contribution in [1.29, 1.82) is 0 Å². The number of aliphatic hydroxyl groups excluding tert-OH is 1. The molecule has 0 aromatic heterocycles. The van der Waals surface area contributed by atoms with Crippen LogP contribution in [-0.2, 0) is 14.4 Å². The predicted octanol–water partition coefficient (Wildman–Crippen LogP) is 1.40. The number of nitrogens with zero attached hydrogens (tertiary/aromatic N) is 2. The largest absolute Gasteiger partial charge is 0.444 e. The lowest BCUT2D eigenvalue weighted by Gasteiger charge is -2.38. The Bertz CT molecular complexity index is 407. The first-order valence-corrected chi connectivity index (χ1v) is 7.52. The topological polar surface area (TPSA) is 79.3 Å². The normalized spacial score (nSPS) is 25.5. The summed E-state index contributed by atoms with van der Waals surface area (Å²) in [5.41, 5.74) is -0.579. The molecule has 0 unspecified atom stereocenters. The van der Waals surface area contributed by atoms with E-state index in [4.69, 9.17) is 9.57 Å². The molecule has 128 valence electrons. The Hall–Kier alpha value is -1.34. The van der Waals surface area contributed by atoms with E-state index in [2.05, 4.69) is 0 Å². The van der Waals surface area contributed by atoms with E-state index in [1.807, 2.05) is 0 Å². The van der Waals surface area contributed by atoms with E-state index >= 15 is 0 Å². The molecule has 1 N–H and O–H groups in total. The summed E-state index contributed by atoms with van der Waals surface area (Å²) >= 11 is 0. The van der Waals surface area contributed by atoms with Gasteiger partial charge in [-0.15, -0.1) is 0 Å². The Kier molecular flexibility index (Phi) is 6.19. The van der Waals surface area contributed by atoms with Crippen LogP contribution >= 0.6 is 0 Å². The van der Waals surface area contributed by atoms with Crippen LogP contribution in [0.4, 0.5) is 4.79 Å². The molecule has 7 nitrogen and oxygen atoms in total. The van der Waals surface area contributed by atoms with E-state index in [1.54, 1.807) is 34.9 Å². The molecule has 1 fully saturated rings. The molecule has 2 amide bonds. The standard InChI is InChI=1S/C15H28N2O5/c1-15(2,3)22-14(20)16(4)11-8-7-10(9-12(11)18)13(19)17(5)21-6/h10-12,18H,7-9H2,1-6H3/t10-,11+,12+/m0/s1. The lowest BCUT2D eigenvalue weighted by atomic mass is 9.83. The van der Waals surface area contributed by atoms with E-state index < -0.39 is 17.8 Å². The molecular weight excluding hydrogens is 288 g/mol. The summed E-state index contributed by atoms with van der Waals surface area (Å²) in [7, 11) is 4.59. The van der Waals surface area contributed by atoms with Crippen molar-refractivity contribution in [1.82, 2.24) is 9.96 Å². The second-order valence-corrected chi connectivity index (χ2v) is 6.75. The lowest BCUT2D eigenvalue weighted by molar-refractivity contribution is -0.176. The summed E-state index contributed by atoms with van der Waals surface area (Å²) in [5, 5.41) is 11.5. The number of rotatable bonds is 3. The highest BCUT2D eigenvalue weighted by Crippen LogP contribution is 2.29. The van der Waals surface area contributed by atoms with Crippen LogP contribution in [0.5, 0.6) is 0 Å². The summed E-state index contributed by atoms with van der Waals surface area (Å²) in [6.45, 7) is 5.39. The first kappa shape index (κ1) is 18.7. The van der Waals surface area contributed by atoms with Gasteiger partial charge in [0.25, 0.3) is 0 Å². The Morgan fingerprint density at radius 1 is 1.18 bits per heavy atom. The number of ether oxygens (including phenoxy) is 1. The van der Waals surface area contributed by atoms with Crippen molar-refractivity contribution in [2.24, 2.45) is 5.92 Å². The first-order valence-electron chi connectivity index (χ1n) is 7.52. The van der Waals surface area contributed by atoms with Gasteiger partial charge in [0.15, 0.2) is 0 Å². The predicted molar refractivity (Wildman–Crippen MR) is 80.9 cm³/mol. The molecule has 0 heterocycles. The Labute approximate surface area is 132 Å². The summed E-state index contributed by atoms with van der Waals surface area (Å²) in [6, 6.07) is -0.341. The van der Waals surface area contributed by atoms with Gasteiger partial charge in [-0.1, -0.05) is 0 Å². The fraction of sp³-hybridized carbons (Fsp3) is 0.867. The minimum Gasteiger partial charge on any atom is -0.444 e. The van der Waals surface area contributed by atoms with Crippen molar-refractivity contribution in [2.45, 2.75) is 57.8 Å². The van der Waals surface area contributed by atoms with Crippen molar-refractivity contribution in [3.8, 4) is 0 Å². The van der Waals surface area contributed by atoms with Gasteiger partial charge < -0.3 is 14.7 Å². The SMILES string of the molecule is CON(C)C(=O)[C@H]1CC[C@@H](N(C)C(=O)OC(C)(C)C)[C@H](O)C1. The van der Waals surface area contributed by atoms with E-state index in [0.29, 0.717) is 19.3 Å². The highest BCUT2D eigenvalue weighted by Gasteiger charge is 2.38. The van der Waals surface area contributed by atoms with Gasteiger partial charge in [0.2, 0.25) is 5.91 Å². The zero-order valence-electron chi connectivity index (χ0n) is 14.3. The fourth-order valence-corrected chi connectivity index (χ4v) is 2.62. The Balaban J connectivity index is 2.63. The number of carbonyl (C=O) groups excluding carboxylic acids is 2. The molecule has 0 spiro atoms. The lowest BCUT2D eigenvalue weighted by Crippen LogP contribution is -2.50. The maximum absolute atomic E-state index is 12.1. The molecule has 1 saturated carbocycles. The third-order valence-corrected chi connectivity index (χ3v) is 3.89. The van der Waals surface area contributed by atoms with Gasteiger partial charge in [0.1, 0.15) is 5.60 Å². The molecule has 3 atom stereocenters. The minimum absolute atomic E-state index is 0.153. The summed E-state index contributed by atoms with van der Waals surface area (Å²) < 4.78 is 5.31. The van der Waals surface area contributed by atoms with Crippen LogP contribution < -0.4 is 0 Å². The Morgan fingerprint density at radius 3 is 2.23 bits per heavy atom. The molecule has 0 aromatic carbocycles. The van der Waals surface area contributed by atoms with Gasteiger partial charge in [-0.3, -0.25) is 9.63 Å². The first-order chi connectivity index (χ1) is 10.1. The third kappa shape index (κ3) is 4.84. The zero-order chi connectivity index (χ0) is 17.1. The van der Waals surface area contributed by atoms with Crippen LogP contribution in [-0.4, -0.2) is 66.0 Å². The number of amides is 2. The maximum atomic E-state index is 12.1. The quantitative estimate of drug-likeness (QED) is 0.796. The smallest absolute Gasteiger partial charge is 0.410 e. The molecule has 0 aromatic rings. The number of likely N-dealkylation sites (N-methyl/N-ethyl adjacent to an activating group) is 1. The molecular formula is C15H28N2O5. The summed E-state index contributed by atoms with van der Waals surface area (Å²) in [6.07, 6.45) is 0.233. The van der Waals surface area contributed by atoms with Gasteiger partial charge in [0, 0.05) is 20.0 Å². The van der Waals surface area contributed by atoms with E-state index in [9.17, 15) is 14.7 Å². The van der Waals surface area contributed by atoms with Crippen molar-refractivity contribution in [2.75, 3.05) is 21.2 Å². The molecule has 1 aliphatic rings. The number of hydrogen-bond acceptors (Lipinski definition) is 5. The number of hydrogen-bond donors (Lipinski definition) is 1. The van der Waals surface area contributed by atoms with Crippen LogP contribution in [0.1, 0.15) is 40.0 Å². The van der Waals surface area contributed by atoms with E-state index in [-0.39, 0.29) is 17.9 Å². The fourth-order valence-electron chi connectivity index (χ4n) is 2.62. The number of carbonyl (C=O) groups is 2. The second kappa shape index (κ2) is 7.28. The molecule has 22 heavy (non-hydrogen) atoms. The highest BCUT2D eigenvalue weighted by molar-refractivity contribution is 5.77.